The Kier molecular flexibility index (Phi) is 3.51. The SMILES string of the molecule is CCc1nc(C(=O)N[C@@H]2CCCNC2)n[nH]1. The van der Waals surface area contributed by atoms with Crippen molar-refractivity contribution in [1.29, 1.82) is 0 Å². The molecule has 1 fully saturated rings. The normalized spacial score (nSPS) is 20.7. The summed E-state index contributed by atoms with van der Waals surface area (Å²) in [7, 11) is 0. The average Bonchev–Trinajstić information content (AvgIpc) is 2.79. The summed E-state index contributed by atoms with van der Waals surface area (Å²) in [6.07, 6.45) is 2.87. The Morgan fingerprint density at radius 3 is 3.12 bits per heavy atom. The first kappa shape index (κ1) is 11.1. The van der Waals surface area contributed by atoms with E-state index in [-0.39, 0.29) is 17.8 Å². The fourth-order valence-corrected chi connectivity index (χ4v) is 1.78. The van der Waals surface area contributed by atoms with Crippen LogP contribution in [0, 0.1) is 0 Å². The van der Waals surface area contributed by atoms with E-state index in [1.807, 2.05) is 6.92 Å². The van der Waals surface area contributed by atoms with Gasteiger partial charge < -0.3 is 10.6 Å². The Balaban J connectivity index is 1.91. The number of aromatic amines is 1. The van der Waals surface area contributed by atoms with Crippen molar-refractivity contribution >= 4 is 5.91 Å². The number of hydrogen-bond acceptors (Lipinski definition) is 4. The number of aromatic nitrogens is 3. The third kappa shape index (κ3) is 2.57. The van der Waals surface area contributed by atoms with Crippen LogP contribution in [0.1, 0.15) is 36.2 Å². The summed E-state index contributed by atoms with van der Waals surface area (Å²) in [5.74, 6) is 0.791. The fraction of sp³-hybridized carbons (Fsp3) is 0.700. The van der Waals surface area contributed by atoms with Gasteiger partial charge in [0.1, 0.15) is 5.82 Å². The Morgan fingerprint density at radius 1 is 1.62 bits per heavy atom. The van der Waals surface area contributed by atoms with Gasteiger partial charge in [-0.15, -0.1) is 5.10 Å². The Bertz CT molecular complexity index is 356. The van der Waals surface area contributed by atoms with Crippen LogP contribution >= 0.6 is 0 Å². The third-order valence-electron chi connectivity index (χ3n) is 2.70. The molecule has 0 radical (unpaired) electrons. The number of piperidine rings is 1. The van der Waals surface area contributed by atoms with E-state index in [4.69, 9.17) is 0 Å². The summed E-state index contributed by atoms with van der Waals surface area (Å²) in [4.78, 5) is 15.9. The first-order valence-corrected chi connectivity index (χ1v) is 5.72. The largest absolute Gasteiger partial charge is 0.345 e. The highest BCUT2D eigenvalue weighted by atomic mass is 16.2. The monoisotopic (exact) mass is 223 g/mol. The van der Waals surface area contributed by atoms with E-state index < -0.39 is 0 Å². The predicted molar refractivity (Wildman–Crippen MR) is 59.1 cm³/mol. The van der Waals surface area contributed by atoms with Crippen molar-refractivity contribution in [2.24, 2.45) is 0 Å². The quantitative estimate of drug-likeness (QED) is 0.665. The van der Waals surface area contributed by atoms with Crippen molar-refractivity contribution in [1.82, 2.24) is 25.8 Å². The van der Waals surface area contributed by atoms with Crippen LogP contribution in [0.3, 0.4) is 0 Å². The molecule has 0 aliphatic carbocycles. The summed E-state index contributed by atoms with van der Waals surface area (Å²) >= 11 is 0. The number of rotatable bonds is 3. The minimum Gasteiger partial charge on any atom is -0.345 e. The second kappa shape index (κ2) is 5.07. The van der Waals surface area contributed by atoms with Gasteiger partial charge in [0.25, 0.3) is 5.91 Å². The summed E-state index contributed by atoms with van der Waals surface area (Å²) < 4.78 is 0. The van der Waals surface area contributed by atoms with Gasteiger partial charge in [-0.1, -0.05) is 6.92 Å². The minimum absolute atomic E-state index is 0.190. The van der Waals surface area contributed by atoms with E-state index in [1.54, 1.807) is 0 Å². The van der Waals surface area contributed by atoms with E-state index in [0.29, 0.717) is 0 Å². The molecule has 16 heavy (non-hydrogen) atoms. The number of nitrogens with one attached hydrogen (secondary N) is 3. The Labute approximate surface area is 94.2 Å². The number of carbonyl (C=O) groups is 1. The molecule has 1 aromatic heterocycles. The topological polar surface area (TPSA) is 82.7 Å². The first-order chi connectivity index (χ1) is 7.79. The highest BCUT2D eigenvalue weighted by Crippen LogP contribution is 2.02. The van der Waals surface area contributed by atoms with Crippen molar-refractivity contribution in [2.45, 2.75) is 32.2 Å². The molecule has 2 heterocycles. The van der Waals surface area contributed by atoms with E-state index in [2.05, 4.69) is 25.8 Å². The highest BCUT2D eigenvalue weighted by Gasteiger charge is 2.18. The molecule has 1 atom stereocenters. The maximum absolute atomic E-state index is 11.8. The summed E-state index contributed by atoms with van der Waals surface area (Å²) in [6.45, 7) is 3.83. The Hall–Kier alpha value is -1.43. The number of amides is 1. The van der Waals surface area contributed by atoms with E-state index in [1.165, 1.54) is 0 Å². The standard InChI is InChI=1S/C10H17N5O/c1-2-8-13-9(15-14-8)10(16)12-7-4-3-5-11-6-7/h7,11H,2-6H2,1H3,(H,12,16)(H,13,14,15)/t7-/m1/s1. The maximum Gasteiger partial charge on any atom is 0.291 e. The second-order valence-electron chi connectivity index (χ2n) is 3.98. The third-order valence-corrected chi connectivity index (χ3v) is 2.70. The number of H-pyrrole nitrogens is 1. The molecule has 1 aliphatic heterocycles. The van der Waals surface area contributed by atoms with E-state index in [0.717, 1.165) is 38.2 Å². The number of hydrogen-bond donors (Lipinski definition) is 3. The van der Waals surface area contributed by atoms with Gasteiger partial charge in [0.15, 0.2) is 0 Å². The minimum atomic E-state index is -0.190. The van der Waals surface area contributed by atoms with Crippen LogP contribution in [0.2, 0.25) is 0 Å². The Morgan fingerprint density at radius 2 is 2.50 bits per heavy atom. The fourth-order valence-electron chi connectivity index (χ4n) is 1.78. The van der Waals surface area contributed by atoms with E-state index in [9.17, 15) is 4.79 Å². The van der Waals surface area contributed by atoms with Crippen LogP contribution in [-0.4, -0.2) is 40.2 Å². The lowest BCUT2D eigenvalue weighted by atomic mass is 10.1. The molecule has 3 N–H and O–H groups in total. The molecule has 1 saturated heterocycles. The molecule has 88 valence electrons. The summed E-state index contributed by atoms with van der Waals surface area (Å²) in [5.41, 5.74) is 0. The number of carbonyl (C=O) groups excluding carboxylic acids is 1. The van der Waals surface area contributed by atoms with Crippen LogP contribution < -0.4 is 10.6 Å². The highest BCUT2D eigenvalue weighted by molar-refractivity contribution is 5.90. The molecule has 1 amide bonds. The molecule has 6 nitrogen and oxygen atoms in total. The van der Waals surface area contributed by atoms with Crippen LogP contribution in [0.25, 0.3) is 0 Å². The first-order valence-electron chi connectivity index (χ1n) is 5.72. The number of nitrogens with zero attached hydrogens (tertiary/aromatic N) is 2. The van der Waals surface area contributed by atoms with Gasteiger partial charge in [-0.3, -0.25) is 9.89 Å². The summed E-state index contributed by atoms with van der Waals surface area (Å²) in [6, 6.07) is 0.199. The zero-order chi connectivity index (χ0) is 11.4. The van der Waals surface area contributed by atoms with Gasteiger partial charge in [-0.25, -0.2) is 4.98 Å². The molecule has 0 spiro atoms. The van der Waals surface area contributed by atoms with Crippen molar-refractivity contribution in [3.63, 3.8) is 0 Å². The van der Waals surface area contributed by atoms with Gasteiger partial charge in [0.05, 0.1) is 0 Å². The zero-order valence-corrected chi connectivity index (χ0v) is 9.42. The molecular formula is C10H17N5O. The van der Waals surface area contributed by atoms with Crippen molar-refractivity contribution in [3.05, 3.63) is 11.6 Å². The predicted octanol–water partition coefficient (Wildman–Crippen LogP) is -0.151. The van der Waals surface area contributed by atoms with Crippen molar-refractivity contribution < 1.29 is 4.79 Å². The van der Waals surface area contributed by atoms with Gasteiger partial charge in [0.2, 0.25) is 5.82 Å². The van der Waals surface area contributed by atoms with Gasteiger partial charge in [0, 0.05) is 19.0 Å². The van der Waals surface area contributed by atoms with Gasteiger partial charge >= 0.3 is 0 Å². The van der Waals surface area contributed by atoms with Crippen LogP contribution in [0.4, 0.5) is 0 Å². The van der Waals surface area contributed by atoms with Gasteiger partial charge in [-0.05, 0) is 19.4 Å². The van der Waals surface area contributed by atoms with Gasteiger partial charge in [-0.2, -0.15) is 0 Å². The second-order valence-corrected chi connectivity index (χ2v) is 3.98. The van der Waals surface area contributed by atoms with Crippen LogP contribution in [0.15, 0.2) is 0 Å². The molecule has 0 bridgehead atoms. The van der Waals surface area contributed by atoms with Crippen molar-refractivity contribution in [3.8, 4) is 0 Å². The molecule has 0 aromatic carbocycles. The maximum atomic E-state index is 11.8. The average molecular weight is 223 g/mol. The van der Waals surface area contributed by atoms with Crippen LogP contribution in [-0.2, 0) is 6.42 Å². The lowest BCUT2D eigenvalue weighted by molar-refractivity contribution is 0.0920. The molecule has 1 aromatic rings. The zero-order valence-electron chi connectivity index (χ0n) is 9.42. The molecular weight excluding hydrogens is 206 g/mol. The van der Waals surface area contributed by atoms with E-state index >= 15 is 0 Å². The van der Waals surface area contributed by atoms with Crippen LogP contribution in [0.5, 0.6) is 0 Å². The summed E-state index contributed by atoms with van der Waals surface area (Å²) in [5, 5.41) is 12.8. The molecule has 6 heteroatoms. The van der Waals surface area contributed by atoms with Crippen molar-refractivity contribution in [2.75, 3.05) is 13.1 Å². The lowest BCUT2D eigenvalue weighted by Gasteiger charge is -2.23. The molecule has 1 aliphatic rings. The molecule has 0 unspecified atom stereocenters. The molecule has 0 saturated carbocycles. The lowest BCUT2D eigenvalue weighted by Crippen LogP contribution is -2.45. The number of aryl methyl sites for hydroxylation is 1. The smallest absolute Gasteiger partial charge is 0.291 e. The molecule has 2 rings (SSSR count).